The van der Waals surface area contributed by atoms with Crippen LogP contribution in [0.1, 0.15) is 46.1 Å². The van der Waals surface area contributed by atoms with Crippen molar-refractivity contribution in [2.75, 3.05) is 0 Å². The summed E-state index contributed by atoms with van der Waals surface area (Å²) < 4.78 is 61.3. The highest BCUT2D eigenvalue weighted by molar-refractivity contribution is 6.10. The predicted octanol–water partition coefficient (Wildman–Crippen LogP) is 5.78. The molecule has 120 valence electrons. The Balaban J connectivity index is 2.03. The fourth-order valence-corrected chi connectivity index (χ4v) is 2.87. The SMILES string of the molecule is [2H]C([2H])([2H])c1ccc(-c2cc(C([2H])(C)C([2H])([2H])[2H])ccn2)c2oc3nc(C)ccc3c12. The lowest BCUT2D eigenvalue weighted by atomic mass is 9.99. The van der Waals surface area contributed by atoms with E-state index in [4.69, 9.17) is 14.0 Å². The molecule has 0 aliphatic carbocycles. The normalized spacial score (nSPS) is 19.5. The first-order chi connectivity index (χ1) is 14.3. The Labute approximate surface area is 151 Å². The molecule has 0 aliphatic rings. The Morgan fingerprint density at radius 3 is 2.96 bits per heavy atom. The van der Waals surface area contributed by atoms with Crippen LogP contribution >= 0.6 is 0 Å². The molecule has 3 heterocycles. The molecule has 4 rings (SSSR count). The first-order valence-corrected chi connectivity index (χ1v) is 7.61. The third kappa shape index (κ3) is 2.28. The van der Waals surface area contributed by atoms with Gasteiger partial charge in [-0.05, 0) is 61.1 Å². The zero-order valence-corrected chi connectivity index (χ0v) is 13.3. The van der Waals surface area contributed by atoms with Crippen LogP contribution in [0.2, 0.25) is 0 Å². The van der Waals surface area contributed by atoms with Gasteiger partial charge in [0.2, 0.25) is 5.71 Å². The van der Waals surface area contributed by atoms with Crippen molar-refractivity contribution in [3.8, 4) is 11.3 Å². The molecule has 3 nitrogen and oxygen atoms in total. The highest BCUT2D eigenvalue weighted by Gasteiger charge is 2.16. The van der Waals surface area contributed by atoms with E-state index in [2.05, 4.69) is 9.97 Å². The van der Waals surface area contributed by atoms with E-state index >= 15 is 0 Å². The summed E-state index contributed by atoms with van der Waals surface area (Å²) in [5.74, 6) is -1.84. The number of furan rings is 1. The van der Waals surface area contributed by atoms with Crippen LogP contribution in [0.3, 0.4) is 0 Å². The quantitative estimate of drug-likeness (QED) is 0.469. The van der Waals surface area contributed by atoms with E-state index in [-0.39, 0.29) is 11.1 Å². The Hall–Kier alpha value is -2.68. The van der Waals surface area contributed by atoms with Crippen LogP contribution in [0.5, 0.6) is 0 Å². The Morgan fingerprint density at radius 1 is 1.21 bits per heavy atom. The minimum absolute atomic E-state index is 0.139. The summed E-state index contributed by atoms with van der Waals surface area (Å²) in [7, 11) is 0. The summed E-state index contributed by atoms with van der Waals surface area (Å²) in [6, 6.07) is 9.71. The topological polar surface area (TPSA) is 38.9 Å². The standard InChI is InChI=1S/C21H20N2O/c1-12(2)15-9-10-22-18(11-15)16-7-5-13(3)19-17-8-6-14(4)23-21(17)24-20(16)19/h5-12H,1-4H3/i1D3,3D3,12D. The van der Waals surface area contributed by atoms with Gasteiger partial charge < -0.3 is 4.42 Å². The lowest BCUT2D eigenvalue weighted by Crippen LogP contribution is -1.91. The molecule has 1 aromatic carbocycles. The molecule has 3 heteroatoms. The highest BCUT2D eigenvalue weighted by Crippen LogP contribution is 2.37. The van der Waals surface area contributed by atoms with Gasteiger partial charge in [-0.25, -0.2) is 4.98 Å². The molecule has 0 saturated carbocycles. The van der Waals surface area contributed by atoms with Gasteiger partial charge in [0.1, 0.15) is 5.58 Å². The molecule has 0 aliphatic heterocycles. The van der Waals surface area contributed by atoms with Crippen molar-refractivity contribution in [3.63, 3.8) is 0 Å². The van der Waals surface area contributed by atoms with E-state index < -0.39 is 19.6 Å². The second kappa shape index (κ2) is 5.45. The molecule has 3 aromatic heterocycles. The van der Waals surface area contributed by atoms with Crippen molar-refractivity contribution in [2.24, 2.45) is 0 Å². The zero-order chi connectivity index (χ0) is 22.8. The first-order valence-electron chi connectivity index (χ1n) is 11.1. The van der Waals surface area contributed by atoms with E-state index in [9.17, 15) is 0 Å². The number of aryl methyl sites for hydroxylation is 2. The second-order valence-electron chi connectivity index (χ2n) is 5.83. The molecule has 0 spiro atoms. The van der Waals surface area contributed by atoms with Crippen LogP contribution in [0.4, 0.5) is 0 Å². The Morgan fingerprint density at radius 2 is 2.12 bits per heavy atom. The molecule has 0 amide bonds. The second-order valence-corrected chi connectivity index (χ2v) is 5.83. The maximum atomic E-state index is 8.37. The highest BCUT2D eigenvalue weighted by atomic mass is 16.3. The average Bonchev–Trinajstić information content (AvgIpc) is 3.03. The van der Waals surface area contributed by atoms with E-state index in [1.807, 2.05) is 6.92 Å². The van der Waals surface area contributed by atoms with Gasteiger partial charge in [-0.15, -0.1) is 0 Å². The molecule has 0 saturated heterocycles. The summed E-state index contributed by atoms with van der Waals surface area (Å²) in [6.07, 6.45) is 1.44. The third-order valence-electron chi connectivity index (χ3n) is 4.09. The lowest BCUT2D eigenvalue weighted by Gasteiger charge is -2.08. The van der Waals surface area contributed by atoms with Crippen LogP contribution in [0, 0.1) is 13.8 Å². The molecular formula is C21H20N2O. The average molecular weight is 323 g/mol. The van der Waals surface area contributed by atoms with E-state index in [1.165, 1.54) is 31.3 Å². The van der Waals surface area contributed by atoms with Crippen LogP contribution in [0.15, 0.2) is 47.0 Å². The third-order valence-corrected chi connectivity index (χ3v) is 4.09. The summed E-state index contributed by atoms with van der Waals surface area (Å²) in [6.45, 7) is -1.75. The molecular weight excluding hydrogens is 296 g/mol. The minimum atomic E-state index is -2.53. The Bertz CT molecular complexity index is 1300. The van der Waals surface area contributed by atoms with Gasteiger partial charge in [-0.1, -0.05) is 19.8 Å². The van der Waals surface area contributed by atoms with Crippen molar-refractivity contribution < 1.29 is 14.0 Å². The fraction of sp³-hybridized carbons (Fsp3) is 0.238. The molecule has 0 radical (unpaired) electrons. The smallest absolute Gasteiger partial charge is 0.227 e. The number of pyridine rings is 2. The number of hydrogen-bond acceptors (Lipinski definition) is 3. The largest absolute Gasteiger partial charge is 0.437 e. The number of benzene rings is 1. The minimum Gasteiger partial charge on any atom is -0.437 e. The van der Waals surface area contributed by atoms with Gasteiger partial charge in [-0.3, -0.25) is 4.98 Å². The van der Waals surface area contributed by atoms with Crippen molar-refractivity contribution in [1.82, 2.24) is 9.97 Å². The molecule has 1 atom stereocenters. The van der Waals surface area contributed by atoms with Gasteiger partial charge in [-0.2, -0.15) is 0 Å². The number of rotatable bonds is 2. The summed E-state index contributed by atoms with van der Waals surface area (Å²) in [4.78, 5) is 8.73. The molecule has 4 aromatic rings. The maximum absolute atomic E-state index is 8.37. The number of nitrogens with zero attached hydrogens (tertiary/aromatic N) is 2. The summed E-state index contributed by atoms with van der Waals surface area (Å²) in [5.41, 5.74) is 2.66. The van der Waals surface area contributed by atoms with E-state index in [0.29, 0.717) is 33.3 Å². The van der Waals surface area contributed by atoms with Crippen molar-refractivity contribution >= 4 is 22.1 Å². The van der Waals surface area contributed by atoms with Gasteiger partial charge in [0, 0.05) is 37.8 Å². The molecule has 0 fully saturated rings. The van der Waals surface area contributed by atoms with Gasteiger partial charge in [0.15, 0.2) is 0 Å². The summed E-state index contributed by atoms with van der Waals surface area (Å²) >= 11 is 0. The van der Waals surface area contributed by atoms with Crippen molar-refractivity contribution in [1.29, 1.82) is 0 Å². The van der Waals surface area contributed by atoms with Crippen LogP contribution < -0.4 is 0 Å². The molecule has 1 unspecified atom stereocenters. The number of fused-ring (bicyclic) bond motifs is 3. The molecule has 0 N–H and O–H groups in total. The Kier molecular flexibility index (Phi) is 2.04. The van der Waals surface area contributed by atoms with Crippen molar-refractivity contribution in [2.45, 2.75) is 33.4 Å². The first kappa shape index (κ1) is 8.97. The predicted molar refractivity (Wildman–Crippen MR) is 98.3 cm³/mol. The van der Waals surface area contributed by atoms with Gasteiger partial charge in [0.05, 0.1) is 5.69 Å². The van der Waals surface area contributed by atoms with Crippen LogP contribution in [-0.2, 0) is 0 Å². The number of aromatic nitrogens is 2. The van der Waals surface area contributed by atoms with Crippen LogP contribution in [0.25, 0.3) is 33.3 Å². The lowest BCUT2D eigenvalue weighted by molar-refractivity contribution is 0.653. The van der Waals surface area contributed by atoms with E-state index in [1.54, 1.807) is 18.2 Å². The zero-order valence-electron chi connectivity index (χ0n) is 20.3. The van der Waals surface area contributed by atoms with Gasteiger partial charge in [0.25, 0.3) is 0 Å². The van der Waals surface area contributed by atoms with Crippen LogP contribution in [-0.4, -0.2) is 9.97 Å². The van der Waals surface area contributed by atoms with Crippen molar-refractivity contribution in [3.05, 3.63) is 59.4 Å². The monoisotopic (exact) mass is 323 g/mol. The summed E-state index contributed by atoms with van der Waals surface area (Å²) in [5, 5.41) is 1.01. The van der Waals surface area contributed by atoms with Gasteiger partial charge >= 0.3 is 0 Å². The van der Waals surface area contributed by atoms with E-state index in [0.717, 1.165) is 5.69 Å². The maximum Gasteiger partial charge on any atom is 0.227 e. The number of hydrogen-bond donors (Lipinski definition) is 0. The molecule has 0 bridgehead atoms. The fourth-order valence-electron chi connectivity index (χ4n) is 2.87. The molecule has 24 heavy (non-hydrogen) atoms.